The number of aliphatic imine (C=N–C) groups is 1. The number of anilines is 1. The number of aryl methyl sites for hydroxylation is 1. The molecule has 10 heteroatoms. The molecule has 0 saturated carbocycles. The number of amidine groups is 1. The zero-order valence-corrected chi connectivity index (χ0v) is 20.8. The Morgan fingerprint density at radius 2 is 1.54 bits per heavy atom. The number of rotatable bonds is 8. The number of hydrogen-bond donors (Lipinski definition) is 0. The first-order chi connectivity index (χ1) is 17.9. The van der Waals surface area contributed by atoms with Gasteiger partial charge in [-0.05, 0) is 61.5 Å². The Morgan fingerprint density at radius 3 is 2.14 bits per heavy atom. The van der Waals surface area contributed by atoms with Gasteiger partial charge in [0.25, 0.3) is 11.4 Å². The Morgan fingerprint density at radius 1 is 0.865 bits per heavy atom. The molecule has 0 radical (unpaired) electrons. The minimum absolute atomic E-state index is 0.227. The predicted octanol–water partition coefficient (Wildman–Crippen LogP) is 7.11. The molecule has 0 fully saturated rings. The maximum absolute atomic E-state index is 11.9. The molecule has 0 heterocycles. The van der Waals surface area contributed by atoms with Crippen molar-refractivity contribution in [3.63, 3.8) is 0 Å². The lowest BCUT2D eigenvalue weighted by molar-refractivity contribution is -0.396. The molecule has 0 saturated heterocycles. The minimum atomic E-state index is -0.654. The number of nitrogens with zero attached hydrogens (tertiary/aromatic N) is 4. The van der Waals surface area contributed by atoms with Crippen LogP contribution in [0.25, 0.3) is 0 Å². The van der Waals surface area contributed by atoms with E-state index in [4.69, 9.17) is 9.73 Å². The molecule has 0 aliphatic heterocycles. The van der Waals surface area contributed by atoms with Crippen molar-refractivity contribution >= 4 is 40.5 Å². The van der Waals surface area contributed by atoms with Crippen molar-refractivity contribution < 1.29 is 14.6 Å². The molecule has 0 aliphatic rings. The first kappa shape index (κ1) is 25.4. The highest BCUT2D eigenvalue weighted by Crippen LogP contribution is 2.38. The van der Waals surface area contributed by atoms with Crippen molar-refractivity contribution in [2.24, 2.45) is 4.99 Å². The molecule has 0 aromatic heterocycles. The van der Waals surface area contributed by atoms with E-state index in [2.05, 4.69) is 0 Å². The van der Waals surface area contributed by atoms with Gasteiger partial charge in [-0.25, -0.2) is 4.99 Å². The number of non-ortho nitro benzene ring substituents is 1. The smallest absolute Gasteiger partial charge is 0.291 e. The van der Waals surface area contributed by atoms with Crippen LogP contribution in [-0.2, 0) is 0 Å². The van der Waals surface area contributed by atoms with Crippen molar-refractivity contribution in [3.8, 4) is 5.75 Å². The summed E-state index contributed by atoms with van der Waals surface area (Å²) in [6.45, 7) is 1.96. The molecule has 0 unspecified atom stereocenters. The first-order valence-corrected chi connectivity index (χ1v) is 11.9. The first-order valence-electron chi connectivity index (χ1n) is 11.1. The molecule has 0 atom stereocenters. The van der Waals surface area contributed by atoms with Crippen molar-refractivity contribution in [2.75, 3.05) is 11.4 Å². The van der Waals surface area contributed by atoms with E-state index in [0.717, 1.165) is 29.1 Å². The van der Waals surface area contributed by atoms with E-state index in [1.807, 2.05) is 85.8 Å². The van der Waals surface area contributed by atoms with E-state index < -0.39 is 9.85 Å². The molecule has 9 nitrogen and oxygen atoms in total. The summed E-state index contributed by atoms with van der Waals surface area (Å²) in [6, 6.07) is 27.9. The van der Waals surface area contributed by atoms with Gasteiger partial charge >= 0.3 is 0 Å². The quantitative estimate of drug-likeness (QED) is 0.0809. The molecule has 186 valence electrons. The summed E-state index contributed by atoms with van der Waals surface area (Å²) in [5.41, 5.74) is 2.46. The van der Waals surface area contributed by atoms with Crippen LogP contribution >= 0.6 is 11.9 Å². The predicted molar refractivity (Wildman–Crippen MR) is 145 cm³/mol. The molecule has 0 spiro atoms. The Balaban J connectivity index is 1.91. The number of hydrogen-bond acceptors (Lipinski definition) is 7. The number of nitro groups is 2. The minimum Gasteiger partial charge on any atom is -0.497 e. The molecule has 37 heavy (non-hydrogen) atoms. The van der Waals surface area contributed by atoms with Gasteiger partial charge in [-0.15, -0.1) is 0 Å². The Bertz CT molecular complexity index is 1440. The van der Waals surface area contributed by atoms with Crippen molar-refractivity contribution in [3.05, 3.63) is 128 Å². The Labute approximate surface area is 217 Å². The Kier molecular flexibility index (Phi) is 7.80. The number of para-hydroxylation sites is 1. The largest absolute Gasteiger partial charge is 0.497 e. The summed E-state index contributed by atoms with van der Waals surface area (Å²) in [6.07, 6.45) is 0. The van der Waals surface area contributed by atoms with E-state index in [1.54, 1.807) is 11.4 Å². The average molecular weight is 515 g/mol. The van der Waals surface area contributed by atoms with Gasteiger partial charge in [0, 0.05) is 23.6 Å². The van der Waals surface area contributed by atoms with Crippen molar-refractivity contribution in [1.82, 2.24) is 0 Å². The number of nitro benzene ring substituents is 2. The van der Waals surface area contributed by atoms with E-state index in [-0.39, 0.29) is 16.3 Å². The van der Waals surface area contributed by atoms with Gasteiger partial charge in [-0.1, -0.05) is 35.9 Å². The number of ether oxygens (including phenoxy) is 1. The molecular weight excluding hydrogens is 492 g/mol. The van der Waals surface area contributed by atoms with Gasteiger partial charge in [0.2, 0.25) is 0 Å². The van der Waals surface area contributed by atoms with Crippen molar-refractivity contribution in [2.45, 2.75) is 11.8 Å². The fourth-order valence-electron chi connectivity index (χ4n) is 3.43. The van der Waals surface area contributed by atoms with Gasteiger partial charge in [-0.2, -0.15) is 0 Å². The maximum atomic E-state index is 11.9. The highest BCUT2D eigenvalue weighted by molar-refractivity contribution is 8.01. The summed E-state index contributed by atoms with van der Waals surface area (Å²) in [4.78, 5) is 27.0. The lowest BCUT2D eigenvalue weighted by Gasteiger charge is -2.25. The molecule has 4 aromatic carbocycles. The summed E-state index contributed by atoms with van der Waals surface area (Å²) in [5.74, 6) is 1.18. The fraction of sp³-hybridized carbons (Fsp3) is 0.0741. The third-order valence-electron chi connectivity index (χ3n) is 5.34. The molecule has 4 rings (SSSR count). The second-order valence-electron chi connectivity index (χ2n) is 7.89. The molecule has 0 N–H and O–H groups in total. The van der Waals surface area contributed by atoms with Gasteiger partial charge in [0.05, 0.1) is 34.4 Å². The fourth-order valence-corrected chi connectivity index (χ4v) is 4.44. The third-order valence-corrected chi connectivity index (χ3v) is 6.45. The number of methoxy groups -OCH3 is 1. The van der Waals surface area contributed by atoms with Gasteiger partial charge in [0.1, 0.15) is 10.6 Å². The summed E-state index contributed by atoms with van der Waals surface area (Å²) >= 11 is 1.06. The van der Waals surface area contributed by atoms with Crippen LogP contribution in [0.1, 0.15) is 11.1 Å². The Hall–Kier alpha value is -4.70. The van der Waals surface area contributed by atoms with E-state index >= 15 is 0 Å². The third kappa shape index (κ3) is 6.11. The lowest BCUT2D eigenvalue weighted by atomic mass is 10.1. The highest BCUT2D eigenvalue weighted by atomic mass is 32.2. The summed E-state index contributed by atoms with van der Waals surface area (Å²) in [5, 5.41) is 23.1. The zero-order valence-electron chi connectivity index (χ0n) is 20.0. The van der Waals surface area contributed by atoms with Crippen molar-refractivity contribution in [1.29, 1.82) is 0 Å². The van der Waals surface area contributed by atoms with Gasteiger partial charge in [0.15, 0.2) is 5.84 Å². The SMILES string of the molecule is COc1ccc(C(=Nc2ccccc2)N(Sc2ccc([N+](=O)[O-])cc2[N+](=O)[O-])c2ccc(C)cc2)cc1. The summed E-state index contributed by atoms with van der Waals surface area (Å²) in [7, 11) is 1.58. The second kappa shape index (κ2) is 11.4. The van der Waals surface area contributed by atoms with Gasteiger partial charge in [-0.3, -0.25) is 24.5 Å². The van der Waals surface area contributed by atoms with Gasteiger partial charge < -0.3 is 4.74 Å². The lowest BCUT2D eigenvalue weighted by Crippen LogP contribution is -2.25. The van der Waals surface area contributed by atoms with Crippen LogP contribution in [0, 0.1) is 27.2 Å². The average Bonchev–Trinajstić information content (AvgIpc) is 2.91. The van der Waals surface area contributed by atoms with Crippen LogP contribution in [0.15, 0.2) is 107 Å². The van der Waals surface area contributed by atoms with Crippen LogP contribution in [0.4, 0.5) is 22.7 Å². The van der Waals surface area contributed by atoms with E-state index in [0.29, 0.717) is 23.0 Å². The maximum Gasteiger partial charge on any atom is 0.291 e. The van der Waals surface area contributed by atoms with Crippen LogP contribution < -0.4 is 9.04 Å². The molecular formula is C27H22N4O5S. The molecule has 0 amide bonds. The highest BCUT2D eigenvalue weighted by Gasteiger charge is 2.25. The normalized spacial score (nSPS) is 11.1. The second-order valence-corrected chi connectivity index (χ2v) is 8.87. The molecule has 0 aliphatic carbocycles. The van der Waals surface area contributed by atoms with Crippen LogP contribution in [0.2, 0.25) is 0 Å². The van der Waals surface area contributed by atoms with Crippen LogP contribution in [-0.4, -0.2) is 22.8 Å². The van der Waals surface area contributed by atoms with Crippen LogP contribution in [0.5, 0.6) is 5.75 Å². The van der Waals surface area contributed by atoms with Crippen LogP contribution in [0.3, 0.4) is 0 Å². The summed E-state index contributed by atoms with van der Waals surface area (Å²) < 4.78 is 7.09. The topological polar surface area (TPSA) is 111 Å². The molecule has 0 bridgehead atoms. The monoisotopic (exact) mass is 514 g/mol. The number of benzene rings is 4. The standard InChI is InChI=1S/C27H22N4O5S/c1-19-8-12-22(13-9-19)29(37-26-17-14-23(30(32)33)18-25(26)31(34)35)27(28-21-6-4-3-5-7-21)20-10-15-24(36-2)16-11-20/h3-18H,1-2H3. The zero-order chi connectivity index (χ0) is 26.4. The molecule has 4 aromatic rings. The van der Waals surface area contributed by atoms with E-state index in [1.165, 1.54) is 12.1 Å². The van der Waals surface area contributed by atoms with E-state index in [9.17, 15) is 20.2 Å².